The maximum absolute atomic E-state index is 11.1. The van der Waals surface area contributed by atoms with E-state index in [0.29, 0.717) is 43.3 Å². The molecule has 9 nitrogen and oxygen atoms in total. The summed E-state index contributed by atoms with van der Waals surface area (Å²) in [6.45, 7) is 7.42. The van der Waals surface area contributed by atoms with Gasteiger partial charge in [0.15, 0.2) is 15.1 Å². The van der Waals surface area contributed by atoms with Crippen LogP contribution in [0.25, 0.3) is 5.57 Å². The largest absolute Gasteiger partial charge is 0.331 e. The van der Waals surface area contributed by atoms with Gasteiger partial charge in [0.25, 0.3) is 10.1 Å². The molecular weight excluding hydrogens is 432 g/mol. The lowest BCUT2D eigenvalue weighted by atomic mass is 10.2. The number of rotatable bonds is 6. The first-order chi connectivity index (χ1) is 13.7. The molecule has 148 valence electrons. The van der Waals surface area contributed by atoms with Gasteiger partial charge in [0.2, 0.25) is 0 Å². The highest BCUT2D eigenvalue weighted by molar-refractivity contribution is 7.85. The van der Waals surface area contributed by atoms with Gasteiger partial charge in [-0.2, -0.15) is 18.1 Å². The number of benzene rings is 1. The Morgan fingerprint density at radius 1 is 1.28 bits per heavy atom. The van der Waals surface area contributed by atoms with Crippen molar-refractivity contribution in [1.29, 1.82) is 5.26 Å². The molecular formula is C17H14N6O3S3. The van der Waals surface area contributed by atoms with Crippen LogP contribution in [-0.2, 0) is 10.1 Å². The summed E-state index contributed by atoms with van der Waals surface area (Å²) in [5.41, 5.74) is 2.80. The van der Waals surface area contributed by atoms with Crippen LogP contribution >= 0.6 is 22.9 Å². The highest BCUT2D eigenvalue weighted by Crippen LogP contribution is 2.38. The fraction of sp³-hybridized carbons (Fsp3) is 0.118. The minimum Gasteiger partial charge on any atom is -0.331 e. The van der Waals surface area contributed by atoms with Crippen molar-refractivity contribution in [2.24, 2.45) is 10.2 Å². The van der Waals surface area contributed by atoms with Gasteiger partial charge in [-0.1, -0.05) is 17.9 Å². The summed E-state index contributed by atoms with van der Waals surface area (Å²) < 4.78 is 35.4. The zero-order valence-corrected chi connectivity index (χ0v) is 17.7. The predicted octanol–water partition coefficient (Wildman–Crippen LogP) is 5.22. The molecule has 2 N–H and O–H groups in total. The summed E-state index contributed by atoms with van der Waals surface area (Å²) in [6.07, 6.45) is 0. The molecule has 0 spiro atoms. The maximum Gasteiger partial charge on any atom is 0.294 e. The average molecular weight is 447 g/mol. The molecule has 2 heterocycles. The second kappa shape index (κ2) is 8.18. The number of hydrogen-bond acceptors (Lipinski definition) is 10. The van der Waals surface area contributed by atoms with E-state index in [-0.39, 0.29) is 4.90 Å². The number of thiazole rings is 1. The van der Waals surface area contributed by atoms with Crippen molar-refractivity contribution in [3.8, 4) is 6.07 Å². The first-order valence-corrected chi connectivity index (χ1v) is 11.0. The Morgan fingerprint density at radius 2 is 1.93 bits per heavy atom. The Labute approximate surface area is 175 Å². The topological polar surface area (TPSA) is 141 Å². The molecule has 0 saturated heterocycles. The molecule has 2 aromatic heterocycles. The Morgan fingerprint density at radius 3 is 2.52 bits per heavy atom. The lowest BCUT2D eigenvalue weighted by Crippen LogP contribution is -1.98. The van der Waals surface area contributed by atoms with Gasteiger partial charge in [-0.15, -0.1) is 10.2 Å². The van der Waals surface area contributed by atoms with Crippen LogP contribution in [0.2, 0.25) is 0 Å². The maximum atomic E-state index is 11.1. The van der Waals surface area contributed by atoms with Crippen LogP contribution in [0, 0.1) is 18.3 Å². The molecule has 0 aliphatic heterocycles. The number of nitrogens with zero attached hydrogens (tertiary/aromatic N) is 5. The summed E-state index contributed by atoms with van der Waals surface area (Å²) in [5, 5.41) is 22.0. The fourth-order valence-corrected chi connectivity index (χ4v) is 4.23. The summed E-state index contributed by atoms with van der Waals surface area (Å²) in [5.74, 6) is 0. The number of aromatic nitrogens is 2. The molecule has 0 bridgehead atoms. The highest BCUT2D eigenvalue weighted by atomic mass is 32.2. The van der Waals surface area contributed by atoms with Crippen molar-refractivity contribution in [2.75, 3.05) is 5.32 Å². The molecule has 12 heteroatoms. The summed E-state index contributed by atoms with van der Waals surface area (Å²) in [6, 6.07) is 7.63. The van der Waals surface area contributed by atoms with Crippen molar-refractivity contribution in [3.05, 3.63) is 47.8 Å². The van der Waals surface area contributed by atoms with Crippen molar-refractivity contribution < 1.29 is 13.0 Å². The van der Waals surface area contributed by atoms with Gasteiger partial charge in [0.1, 0.15) is 17.3 Å². The number of allylic oxidation sites excluding steroid dienone is 1. The monoisotopic (exact) mass is 446 g/mol. The minimum absolute atomic E-state index is 0.201. The molecule has 0 aliphatic carbocycles. The Balaban J connectivity index is 1.88. The first-order valence-electron chi connectivity index (χ1n) is 7.98. The van der Waals surface area contributed by atoms with Crippen molar-refractivity contribution in [3.63, 3.8) is 0 Å². The Kier molecular flexibility index (Phi) is 5.85. The van der Waals surface area contributed by atoms with E-state index in [4.69, 9.17) is 4.55 Å². The summed E-state index contributed by atoms with van der Waals surface area (Å²) in [4.78, 5) is 4.24. The molecule has 3 aromatic rings. The highest BCUT2D eigenvalue weighted by Gasteiger charge is 2.15. The molecule has 0 saturated carbocycles. The standard InChI is InChI=1S/C17H14N6O3S3/c1-9(2)14-16(22-21-15-13(8-18)10(3)23-28-15)27-17(20-14)19-11-4-6-12(7-5-11)29(24,25)26/h4-7H,1H2,2-3H3,(H,19,20)(H,24,25,26)/b22-21+. The second-order valence-corrected chi connectivity index (χ2v) is 8.99. The Bertz CT molecular complexity index is 1250. The van der Waals surface area contributed by atoms with Crippen LogP contribution < -0.4 is 5.32 Å². The van der Waals surface area contributed by atoms with Gasteiger partial charge < -0.3 is 5.32 Å². The summed E-state index contributed by atoms with van der Waals surface area (Å²) in [7, 11) is -4.25. The quantitative estimate of drug-likeness (QED) is 0.390. The molecule has 0 amide bonds. The number of anilines is 2. The number of nitrogens with one attached hydrogen (secondary N) is 1. The van der Waals surface area contributed by atoms with E-state index in [1.54, 1.807) is 13.8 Å². The van der Waals surface area contributed by atoms with Gasteiger partial charge in [-0.3, -0.25) is 4.55 Å². The van der Waals surface area contributed by atoms with Crippen LogP contribution in [0.15, 0.2) is 46.0 Å². The van der Waals surface area contributed by atoms with Crippen molar-refractivity contribution in [2.45, 2.75) is 18.7 Å². The second-order valence-electron chi connectivity index (χ2n) is 5.84. The normalized spacial score (nSPS) is 11.5. The van der Waals surface area contributed by atoms with Gasteiger partial charge in [-0.25, -0.2) is 4.98 Å². The van der Waals surface area contributed by atoms with E-state index in [9.17, 15) is 13.7 Å². The van der Waals surface area contributed by atoms with Crippen LogP contribution in [0.3, 0.4) is 0 Å². The number of azo groups is 1. The van der Waals surface area contributed by atoms with Gasteiger partial charge >= 0.3 is 0 Å². The zero-order valence-electron chi connectivity index (χ0n) is 15.2. The van der Waals surface area contributed by atoms with E-state index < -0.39 is 10.1 Å². The third-order valence-electron chi connectivity index (χ3n) is 3.61. The molecule has 0 unspecified atom stereocenters. The number of nitriles is 1. The van der Waals surface area contributed by atoms with Crippen LogP contribution in [0.1, 0.15) is 23.9 Å². The molecule has 0 aliphatic rings. The zero-order chi connectivity index (χ0) is 21.2. The van der Waals surface area contributed by atoms with E-state index in [1.165, 1.54) is 35.6 Å². The molecule has 1 aromatic carbocycles. The molecule has 29 heavy (non-hydrogen) atoms. The molecule has 0 fully saturated rings. The average Bonchev–Trinajstić information content (AvgIpc) is 3.22. The summed E-state index contributed by atoms with van der Waals surface area (Å²) >= 11 is 2.31. The third-order valence-corrected chi connectivity index (χ3v) is 6.15. The molecule has 3 rings (SSSR count). The number of aryl methyl sites for hydroxylation is 1. The van der Waals surface area contributed by atoms with Gasteiger partial charge in [-0.05, 0) is 55.2 Å². The fourth-order valence-electron chi connectivity index (χ4n) is 2.19. The van der Waals surface area contributed by atoms with Crippen molar-refractivity contribution >= 4 is 59.4 Å². The smallest absolute Gasteiger partial charge is 0.294 e. The van der Waals surface area contributed by atoms with Gasteiger partial charge in [0, 0.05) is 5.69 Å². The van der Waals surface area contributed by atoms with Gasteiger partial charge in [0.05, 0.1) is 10.6 Å². The Hall–Kier alpha value is -2.98. The van der Waals surface area contributed by atoms with E-state index >= 15 is 0 Å². The SMILES string of the molecule is C=C(C)c1nc(Nc2ccc(S(=O)(=O)O)cc2)sc1/N=N/c1snc(C)c1C#N. The van der Waals surface area contributed by atoms with Crippen LogP contribution in [0.5, 0.6) is 0 Å². The van der Waals surface area contributed by atoms with E-state index in [0.717, 1.165) is 11.5 Å². The van der Waals surface area contributed by atoms with E-state index in [2.05, 4.69) is 37.6 Å². The van der Waals surface area contributed by atoms with Crippen molar-refractivity contribution in [1.82, 2.24) is 9.36 Å². The predicted molar refractivity (Wildman–Crippen MR) is 112 cm³/mol. The third kappa shape index (κ3) is 4.72. The lowest BCUT2D eigenvalue weighted by Gasteiger charge is -2.03. The molecule has 0 radical (unpaired) electrons. The number of hydrogen-bond donors (Lipinski definition) is 2. The minimum atomic E-state index is -4.25. The van der Waals surface area contributed by atoms with Crippen LogP contribution in [-0.4, -0.2) is 22.3 Å². The molecule has 0 atom stereocenters. The van der Waals surface area contributed by atoms with Crippen LogP contribution in [0.4, 0.5) is 20.8 Å². The lowest BCUT2D eigenvalue weighted by molar-refractivity contribution is 0.483. The first kappa shape index (κ1) is 20.7. The van der Waals surface area contributed by atoms with E-state index in [1.807, 2.05) is 0 Å².